The second-order valence-electron chi connectivity index (χ2n) is 4.52. The zero-order valence-corrected chi connectivity index (χ0v) is 10.4. The quantitative estimate of drug-likeness (QED) is 0.797. The first-order chi connectivity index (χ1) is 8.83. The molecule has 1 aliphatic heterocycles. The van der Waals surface area contributed by atoms with Crippen LogP contribution in [0.1, 0.15) is 30.6 Å². The van der Waals surface area contributed by atoms with Crippen LogP contribution in [0.2, 0.25) is 0 Å². The number of aryl methyl sites for hydroxylation is 1. The van der Waals surface area contributed by atoms with Gasteiger partial charge in [-0.2, -0.15) is 10.1 Å². The van der Waals surface area contributed by atoms with E-state index < -0.39 is 0 Å². The predicted molar refractivity (Wildman–Crippen MR) is 62.6 cm³/mol. The third-order valence-corrected chi connectivity index (χ3v) is 3.29. The van der Waals surface area contributed by atoms with Gasteiger partial charge in [0.15, 0.2) is 5.82 Å². The lowest BCUT2D eigenvalue weighted by Crippen LogP contribution is -2.28. The highest BCUT2D eigenvalue weighted by atomic mass is 16.5. The second kappa shape index (κ2) is 4.85. The van der Waals surface area contributed by atoms with E-state index in [0.29, 0.717) is 5.89 Å². The summed E-state index contributed by atoms with van der Waals surface area (Å²) in [4.78, 5) is 10.7. The number of nitrogens with zero attached hydrogens (tertiary/aromatic N) is 6. The van der Waals surface area contributed by atoms with E-state index >= 15 is 0 Å². The van der Waals surface area contributed by atoms with Crippen molar-refractivity contribution in [2.24, 2.45) is 0 Å². The summed E-state index contributed by atoms with van der Waals surface area (Å²) in [6.07, 6.45) is 5.57. The molecule has 0 amide bonds. The van der Waals surface area contributed by atoms with Crippen LogP contribution in [0.25, 0.3) is 0 Å². The highest BCUT2D eigenvalue weighted by molar-refractivity contribution is 4.97. The molecule has 1 atom stereocenters. The monoisotopic (exact) mass is 248 g/mol. The van der Waals surface area contributed by atoms with Gasteiger partial charge in [-0.25, -0.2) is 4.98 Å². The summed E-state index contributed by atoms with van der Waals surface area (Å²) >= 11 is 0. The van der Waals surface area contributed by atoms with E-state index in [4.69, 9.17) is 4.52 Å². The van der Waals surface area contributed by atoms with Crippen LogP contribution in [-0.4, -0.2) is 42.9 Å². The van der Waals surface area contributed by atoms with Gasteiger partial charge in [-0.1, -0.05) is 5.16 Å². The molecule has 0 unspecified atom stereocenters. The minimum absolute atomic E-state index is 0.283. The first kappa shape index (κ1) is 11.3. The molecule has 18 heavy (non-hydrogen) atoms. The van der Waals surface area contributed by atoms with Gasteiger partial charge < -0.3 is 4.52 Å². The van der Waals surface area contributed by atoms with Gasteiger partial charge in [0.1, 0.15) is 12.7 Å². The van der Waals surface area contributed by atoms with Crippen LogP contribution in [-0.2, 0) is 6.54 Å². The fraction of sp³-hybridized carbons (Fsp3) is 0.636. The Labute approximate surface area is 105 Å². The van der Waals surface area contributed by atoms with Gasteiger partial charge in [-0.05, 0) is 19.4 Å². The Morgan fingerprint density at radius 1 is 1.44 bits per heavy atom. The molecule has 7 nitrogen and oxygen atoms in total. The first-order valence-corrected chi connectivity index (χ1v) is 6.19. The maximum absolute atomic E-state index is 5.06. The summed E-state index contributed by atoms with van der Waals surface area (Å²) in [7, 11) is 0. The van der Waals surface area contributed by atoms with E-state index in [1.54, 1.807) is 12.7 Å². The summed E-state index contributed by atoms with van der Waals surface area (Å²) in [5.41, 5.74) is 0. The fourth-order valence-electron chi connectivity index (χ4n) is 2.42. The molecule has 3 heterocycles. The Balaban J connectivity index is 1.64. The van der Waals surface area contributed by atoms with E-state index in [2.05, 4.69) is 25.1 Å². The normalized spacial score (nSPS) is 20.6. The Kier molecular flexibility index (Phi) is 3.06. The minimum atomic E-state index is 0.283. The van der Waals surface area contributed by atoms with Crippen LogP contribution in [0, 0.1) is 6.92 Å². The molecule has 96 valence electrons. The molecule has 0 N–H and O–H groups in total. The number of hydrogen-bond acceptors (Lipinski definition) is 6. The van der Waals surface area contributed by atoms with E-state index in [9.17, 15) is 0 Å². The van der Waals surface area contributed by atoms with Gasteiger partial charge in [-0.15, -0.1) is 0 Å². The molecule has 3 rings (SSSR count). The molecular weight excluding hydrogens is 232 g/mol. The molecule has 0 aliphatic carbocycles. The van der Waals surface area contributed by atoms with Gasteiger partial charge in [0.05, 0.1) is 12.6 Å². The highest BCUT2D eigenvalue weighted by Gasteiger charge is 2.29. The second-order valence-corrected chi connectivity index (χ2v) is 4.52. The van der Waals surface area contributed by atoms with Crippen molar-refractivity contribution in [2.75, 3.05) is 13.1 Å². The number of likely N-dealkylation sites (tertiary alicyclic amines) is 1. The zero-order chi connectivity index (χ0) is 12.4. The van der Waals surface area contributed by atoms with Crippen molar-refractivity contribution in [3.63, 3.8) is 0 Å². The van der Waals surface area contributed by atoms with Crippen molar-refractivity contribution in [3.05, 3.63) is 24.4 Å². The van der Waals surface area contributed by atoms with Gasteiger partial charge in [0, 0.05) is 13.5 Å². The number of rotatable bonds is 4. The lowest BCUT2D eigenvalue weighted by atomic mass is 10.2. The molecule has 7 heteroatoms. The largest absolute Gasteiger partial charge is 0.340 e. The van der Waals surface area contributed by atoms with Gasteiger partial charge >= 0.3 is 0 Å². The van der Waals surface area contributed by atoms with Crippen molar-refractivity contribution in [1.82, 2.24) is 29.8 Å². The van der Waals surface area contributed by atoms with Crippen LogP contribution in [0.3, 0.4) is 0 Å². The topological polar surface area (TPSA) is 72.9 Å². The van der Waals surface area contributed by atoms with E-state index in [1.165, 1.54) is 6.42 Å². The summed E-state index contributed by atoms with van der Waals surface area (Å²) in [5.74, 6) is 1.44. The van der Waals surface area contributed by atoms with Gasteiger partial charge in [0.2, 0.25) is 5.89 Å². The minimum Gasteiger partial charge on any atom is -0.340 e. The number of aromatic nitrogens is 5. The molecule has 1 aliphatic rings. The van der Waals surface area contributed by atoms with Crippen molar-refractivity contribution >= 4 is 0 Å². The number of hydrogen-bond donors (Lipinski definition) is 0. The van der Waals surface area contributed by atoms with E-state index in [1.807, 2.05) is 11.6 Å². The fourth-order valence-corrected chi connectivity index (χ4v) is 2.42. The zero-order valence-electron chi connectivity index (χ0n) is 10.4. The van der Waals surface area contributed by atoms with Gasteiger partial charge in [-0.3, -0.25) is 9.58 Å². The molecule has 1 saturated heterocycles. The van der Waals surface area contributed by atoms with Crippen LogP contribution >= 0.6 is 0 Å². The molecule has 2 aromatic rings. The van der Waals surface area contributed by atoms with Crippen molar-refractivity contribution in [3.8, 4) is 0 Å². The first-order valence-electron chi connectivity index (χ1n) is 6.19. The summed E-state index contributed by atoms with van der Waals surface area (Å²) in [5, 5.41) is 8.14. The van der Waals surface area contributed by atoms with Crippen molar-refractivity contribution in [1.29, 1.82) is 0 Å². The van der Waals surface area contributed by atoms with Crippen molar-refractivity contribution < 1.29 is 4.52 Å². The lowest BCUT2D eigenvalue weighted by molar-refractivity contribution is 0.230. The Hall–Kier alpha value is -1.76. The molecular formula is C11H16N6O. The van der Waals surface area contributed by atoms with Crippen LogP contribution < -0.4 is 0 Å². The maximum Gasteiger partial charge on any atom is 0.223 e. The van der Waals surface area contributed by atoms with Crippen LogP contribution in [0.15, 0.2) is 17.2 Å². The summed E-state index contributed by atoms with van der Waals surface area (Å²) in [6.45, 7) is 4.67. The molecule has 0 spiro atoms. The van der Waals surface area contributed by atoms with Gasteiger partial charge in [0.25, 0.3) is 0 Å². The third kappa shape index (κ3) is 2.26. The third-order valence-electron chi connectivity index (χ3n) is 3.29. The standard InChI is InChI=1S/C11H16N6O/c1-9-14-11(15-18-9)10-3-2-4-16(10)5-6-17-8-12-7-13-17/h7-8,10H,2-6H2,1H3/t10-/m0/s1. The molecule has 0 saturated carbocycles. The lowest BCUT2D eigenvalue weighted by Gasteiger charge is -2.21. The Morgan fingerprint density at radius 3 is 3.11 bits per heavy atom. The van der Waals surface area contributed by atoms with Crippen LogP contribution in [0.4, 0.5) is 0 Å². The molecule has 1 fully saturated rings. The average molecular weight is 248 g/mol. The molecule has 0 aromatic carbocycles. The maximum atomic E-state index is 5.06. The SMILES string of the molecule is Cc1nc([C@@H]2CCCN2CCn2cncn2)no1. The molecule has 0 bridgehead atoms. The highest BCUT2D eigenvalue weighted by Crippen LogP contribution is 2.29. The Morgan fingerprint density at radius 2 is 2.39 bits per heavy atom. The average Bonchev–Trinajstić information content (AvgIpc) is 3.07. The van der Waals surface area contributed by atoms with E-state index in [-0.39, 0.29) is 6.04 Å². The van der Waals surface area contributed by atoms with E-state index in [0.717, 1.165) is 31.9 Å². The summed E-state index contributed by atoms with van der Waals surface area (Å²) in [6, 6.07) is 0.283. The van der Waals surface area contributed by atoms with Crippen LogP contribution in [0.5, 0.6) is 0 Å². The van der Waals surface area contributed by atoms with Crippen molar-refractivity contribution in [2.45, 2.75) is 32.4 Å². The molecule has 2 aromatic heterocycles. The Bertz CT molecular complexity index is 493. The molecule has 0 radical (unpaired) electrons. The smallest absolute Gasteiger partial charge is 0.223 e. The predicted octanol–water partition coefficient (Wildman–Crippen LogP) is 0.807. The summed E-state index contributed by atoms with van der Waals surface area (Å²) < 4.78 is 6.90.